The zero-order chi connectivity index (χ0) is 10.6. The zero-order valence-electron chi connectivity index (χ0n) is 8.91. The van der Waals surface area contributed by atoms with E-state index in [-0.39, 0.29) is 0 Å². The van der Waals surface area contributed by atoms with Gasteiger partial charge < -0.3 is 14.9 Å². The van der Waals surface area contributed by atoms with Crippen LogP contribution in [0.4, 0.5) is 0 Å². The molecule has 0 aromatic carbocycles. The van der Waals surface area contributed by atoms with Crippen LogP contribution in [-0.4, -0.2) is 19.3 Å². The predicted octanol–water partition coefficient (Wildman–Crippen LogP) is 2.05. The number of furan rings is 1. The Labute approximate surface area is 84.5 Å². The summed E-state index contributed by atoms with van der Waals surface area (Å²) in [7, 11) is 1.66. The van der Waals surface area contributed by atoms with Crippen molar-refractivity contribution in [3.63, 3.8) is 0 Å². The van der Waals surface area contributed by atoms with Crippen LogP contribution in [0.2, 0.25) is 0 Å². The summed E-state index contributed by atoms with van der Waals surface area (Å²) >= 11 is 0. The van der Waals surface area contributed by atoms with Gasteiger partial charge in [0.25, 0.3) is 0 Å². The van der Waals surface area contributed by atoms with E-state index < -0.39 is 5.60 Å². The first-order chi connectivity index (χ1) is 6.62. The van der Waals surface area contributed by atoms with Gasteiger partial charge in [-0.1, -0.05) is 0 Å². The summed E-state index contributed by atoms with van der Waals surface area (Å²) in [5, 5.41) is 0. The highest BCUT2D eigenvalue weighted by Crippen LogP contribution is 2.21. The summed E-state index contributed by atoms with van der Waals surface area (Å²) in [5.74, 6) is 0.819. The van der Waals surface area contributed by atoms with Crippen LogP contribution < -0.4 is 5.73 Å². The fourth-order valence-corrected chi connectivity index (χ4v) is 1.14. The molecule has 1 aromatic rings. The summed E-state index contributed by atoms with van der Waals surface area (Å²) < 4.78 is 10.6. The van der Waals surface area contributed by atoms with Gasteiger partial charge in [-0.05, 0) is 37.6 Å². The maximum absolute atomic E-state index is 5.65. The molecule has 1 rings (SSSR count). The van der Waals surface area contributed by atoms with Crippen molar-refractivity contribution >= 4 is 6.08 Å². The Morgan fingerprint density at radius 2 is 2.43 bits per heavy atom. The van der Waals surface area contributed by atoms with Gasteiger partial charge in [0.15, 0.2) is 0 Å². The molecular weight excluding hydrogens is 178 g/mol. The van der Waals surface area contributed by atoms with E-state index in [9.17, 15) is 0 Å². The molecule has 0 spiro atoms. The van der Waals surface area contributed by atoms with Crippen molar-refractivity contribution in [1.82, 2.24) is 0 Å². The fourth-order valence-electron chi connectivity index (χ4n) is 1.14. The molecule has 0 saturated heterocycles. The molecule has 0 radical (unpaired) electrons. The normalized spacial score (nSPS) is 16.7. The number of hydrogen-bond donors (Lipinski definition) is 1. The van der Waals surface area contributed by atoms with E-state index in [4.69, 9.17) is 14.9 Å². The molecule has 0 aliphatic carbocycles. The van der Waals surface area contributed by atoms with Crippen molar-refractivity contribution in [2.24, 2.45) is 5.73 Å². The lowest BCUT2D eigenvalue weighted by Gasteiger charge is -2.27. The lowest BCUT2D eigenvalue weighted by Crippen LogP contribution is -2.37. The molecule has 0 amide bonds. The molecule has 0 bridgehead atoms. The summed E-state index contributed by atoms with van der Waals surface area (Å²) in [6.07, 6.45) is 3.59. The molecule has 1 heterocycles. The molecule has 0 aliphatic rings. The highest BCUT2D eigenvalue weighted by Gasteiger charge is 2.23. The van der Waals surface area contributed by atoms with Crippen molar-refractivity contribution in [3.05, 3.63) is 29.7 Å². The van der Waals surface area contributed by atoms with E-state index in [1.54, 1.807) is 13.4 Å². The summed E-state index contributed by atoms with van der Waals surface area (Å²) in [6, 6.07) is 3.75. The molecule has 78 valence electrons. The number of hydrogen-bond acceptors (Lipinski definition) is 3. The van der Waals surface area contributed by atoms with E-state index in [1.807, 2.05) is 32.1 Å². The van der Waals surface area contributed by atoms with Crippen LogP contribution in [0.1, 0.15) is 19.6 Å². The Hall–Kier alpha value is -1.06. The minimum Gasteiger partial charge on any atom is -0.465 e. The lowest BCUT2D eigenvalue weighted by atomic mass is 9.96. The third kappa shape index (κ3) is 2.25. The van der Waals surface area contributed by atoms with Crippen molar-refractivity contribution in [1.29, 1.82) is 0 Å². The second-order valence-electron chi connectivity index (χ2n) is 3.48. The third-order valence-electron chi connectivity index (χ3n) is 2.58. The van der Waals surface area contributed by atoms with Gasteiger partial charge in [0, 0.05) is 13.7 Å². The number of methoxy groups -OCH3 is 1. The molecule has 3 nitrogen and oxygen atoms in total. The van der Waals surface area contributed by atoms with Crippen molar-refractivity contribution in [3.8, 4) is 0 Å². The first-order valence-corrected chi connectivity index (χ1v) is 4.60. The van der Waals surface area contributed by atoms with Crippen LogP contribution in [0.5, 0.6) is 0 Å². The first-order valence-electron chi connectivity index (χ1n) is 4.60. The quantitative estimate of drug-likeness (QED) is 0.799. The van der Waals surface area contributed by atoms with Crippen molar-refractivity contribution in [2.75, 3.05) is 13.7 Å². The van der Waals surface area contributed by atoms with Crippen LogP contribution in [0, 0.1) is 0 Å². The summed E-state index contributed by atoms with van der Waals surface area (Å²) in [5.41, 5.74) is 6.29. The van der Waals surface area contributed by atoms with Crippen LogP contribution in [0.15, 0.2) is 28.4 Å². The second-order valence-corrected chi connectivity index (χ2v) is 3.48. The minimum absolute atomic E-state index is 0.410. The molecule has 0 aliphatic heterocycles. The first kappa shape index (κ1) is 11.0. The van der Waals surface area contributed by atoms with Gasteiger partial charge in [-0.3, -0.25) is 0 Å². The molecule has 14 heavy (non-hydrogen) atoms. The summed E-state index contributed by atoms with van der Waals surface area (Å²) in [4.78, 5) is 0. The van der Waals surface area contributed by atoms with Gasteiger partial charge >= 0.3 is 0 Å². The van der Waals surface area contributed by atoms with Crippen LogP contribution >= 0.6 is 0 Å². The lowest BCUT2D eigenvalue weighted by molar-refractivity contribution is 0.0469. The Balaban J connectivity index is 2.87. The number of rotatable bonds is 4. The third-order valence-corrected chi connectivity index (χ3v) is 2.58. The summed E-state index contributed by atoms with van der Waals surface area (Å²) in [6.45, 7) is 4.40. The van der Waals surface area contributed by atoms with Crippen molar-refractivity contribution < 1.29 is 9.15 Å². The predicted molar refractivity (Wildman–Crippen MR) is 56.8 cm³/mol. The number of nitrogens with two attached hydrogens (primary N) is 1. The molecule has 1 atom stereocenters. The van der Waals surface area contributed by atoms with Crippen LogP contribution in [0.25, 0.3) is 6.08 Å². The second kappa shape index (κ2) is 4.44. The molecular formula is C11H17NO2. The maximum Gasteiger partial charge on any atom is 0.126 e. The molecule has 2 N–H and O–H groups in total. The standard InChI is InChI=1S/C11H17NO2/c1-9(11(2,8-12)13-3)7-10-5-4-6-14-10/h4-7H,8,12H2,1-3H3/b9-7+. The smallest absolute Gasteiger partial charge is 0.126 e. The maximum atomic E-state index is 5.65. The Kier molecular flexibility index (Phi) is 3.49. The monoisotopic (exact) mass is 195 g/mol. The zero-order valence-corrected chi connectivity index (χ0v) is 8.91. The van der Waals surface area contributed by atoms with E-state index in [0.717, 1.165) is 11.3 Å². The SMILES string of the molecule is COC(C)(CN)/C(C)=C/c1ccco1. The highest BCUT2D eigenvalue weighted by atomic mass is 16.5. The van der Waals surface area contributed by atoms with Gasteiger partial charge in [0.2, 0.25) is 0 Å². The van der Waals surface area contributed by atoms with Crippen molar-refractivity contribution in [2.45, 2.75) is 19.4 Å². The highest BCUT2D eigenvalue weighted by molar-refractivity contribution is 5.49. The number of ether oxygens (including phenoxy) is 1. The molecule has 0 saturated carbocycles. The van der Waals surface area contributed by atoms with E-state index in [1.165, 1.54) is 0 Å². The molecule has 1 aromatic heterocycles. The molecule has 1 unspecified atom stereocenters. The van der Waals surface area contributed by atoms with E-state index in [0.29, 0.717) is 6.54 Å². The van der Waals surface area contributed by atoms with E-state index >= 15 is 0 Å². The minimum atomic E-state index is -0.410. The van der Waals surface area contributed by atoms with Gasteiger partial charge in [0.05, 0.1) is 11.9 Å². The Morgan fingerprint density at radius 1 is 1.71 bits per heavy atom. The van der Waals surface area contributed by atoms with Crippen LogP contribution in [0.3, 0.4) is 0 Å². The Bertz CT molecular complexity index is 297. The van der Waals surface area contributed by atoms with Gasteiger partial charge in [0.1, 0.15) is 5.76 Å². The largest absolute Gasteiger partial charge is 0.465 e. The average Bonchev–Trinajstić information content (AvgIpc) is 2.69. The van der Waals surface area contributed by atoms with Gasteiger partial charge in [-0.25, -0.2) is 0 Å². The van der Waals surface area contributed by atoms with E-state index in [2.05, 4.69) is 0 Å². The molecule has 3 heteroatoms. The molecule has 0 fully saturated rings. The van der Waals surface area contributed by atoms with Gasteiger partial charge in [-0.15, -0.1) is 0 Å². The Morgan fingerprint density at radius 3 is 2.86 bits per heavy atom. The average molecular weight is 195 g/mol. The topological polar surface area (TPSA) is 48.4 Å². The van der Waals surface area contributed by atoms with Crippen LogP contribution in [-0.2, 0) is 4.74 Å². The van der Waals surface area contributed by atoms with Gasteiger partial charge in [-0.2, -0.15) is 0 Å². The fraction of sp³-hybridized carbons (Fsp3) is 0.455.